The van der Waals surface area contributed by atoms with Gasteiger partial charge in [-0.1, -0.05) is 57.2 Å². The molecule has 0 spiro atoms. The van der Waals surface area contributed by atoms with Crippen molar-refractivity contribution in [3.8, 4) is 0 Å². The van der Waals surface area contributed by atoms with Crippen LogP contribution in [0.1, 0.15) is 45.4 Å². The van der Waals surface area contributed by atoms with Crippen molar-refractivity contribution < 1.29 is 12.6 Å². The van der Waals surface area contributed by atoms with E-state index in [1.807, 2.05) is 0 Å². The molecule has 0 unspecified atom stereocenters. The summed E-state index contributed by atoms with van der Waals surface area (Å²) in [5.41, 5.74) is 0. The van der Waals surface area contributed by atoms with E-state index in [0.29, 0.717) is 0 Å². The van der Waals surface area contributed by atoms with Gasteiger partial charge in [0.15, 0.2) is 0 Å². The number of hydrogen-bond acceptors (Lipinski definition) is 3. The normalized spacial score (nSPS) is 11.0. The summed E-state index contributed by atoms with van der Waals surface area (Å²) in [6.45, 7) is 2.46. The molecule has 0 aliphatic carbocycles. The van der Waals surface area contributed by atoms with Gasteiger partial charge in [-0.2, -0.15) is 8.42 Å². The van der Waals surface area contributed by atoms with Gasteiger partial charge >= 0.3 is 51.4 Å². The Morgan fingerprint density at radius 3 is 2.16 bits per heavy atom. The van der Waals surface area contributed by atoms with Crippen LogP contribution in [0.2, 0.25) is 0 Å². The summed E-state index contributed by atoms with van der Waals surface area (Å²) in [6, 6.07) is 8.28. The van der Waals surface area contributed by atoms with Crippen LogP contribution in [0.25, 0.3) is 0 Å². The van der Waals surface area contributed by atoms with Crippen molar-refractivity contribution in [2.45, 2.75) is 50.3 Å². The van der Waals surface area contributed by atoms with E-state index in [4.69, 9.17) is 4.18 Å². The Bertz CT molecular complexity index is 418. The first-order valence-corrected chi connectivity index (χ1v) is 8.02. The van der Waals surface area contributed by atoms with E-state index in [1.54, 1.807) is 30.3 Å². The zero-order valence-corrected chi connectivity index (χ0v) is 11.8. The van der Waals surface area contributed by atoms with E-state index in [-0.39, 0.29) is 62.9 Å². The average molecular weight is 310 g/mol. The van der Waals surface area contributed by atoms with Crippen LogP contribution in [-0.2, 0) is 14.3 Å². The second-order valence-corrected chi connectivity index (χ2v) is 5.97. The van der Waals surface area contributed by atoms with Crippen LogP contribution in [0.15, 0.2) is 35.2 Å². The fourth-order valence-electron chi connectivity index (χ4n) is 1.71. The van der Waals surface area contributed by atoms with Crippen LogP contribution in [0, 0.1) is 0 Å². The number of rotatable bonds is 9. The molecule has 0 amide bonds. The predicted octanol–water partition coefficient (Wildman–Crippen LogP) is 3.10. The molecule has 1 rings (SSSR count). The molecule has 0 N–H and O–H groups in total. The van der Waals surface area contributed by atoms with E-state index < -0.39 is 10.1 Å². The molecule has 5 heteroatoms. The zero-order valence-electron chi connectivity index (χ0n) is 11.0. The molecule has 19 heavy (non-hydrogen) atoms. The van der Waals surface area contributed by atoms with Gasteiger partial charge in [-0.25, -0.2) is 0 Å². The van der Waals surface area contributed by atoms with Gasteiger partial charge in [0.25, 0.3) is 10.1 Å². The minimum absolute atomic E-state index is 0. The van der Waals surface area contributed by atoms with Crippen molar-refractivity contribution in [2.24, 2.45) is 0 Å². The first kappa shape index (κ1) is 19.8. The molecule has 1 aromatic carbocycles. The number of unbranched alkanes of at least 4 members (excludes halogenated alkanes) is 5. The first-order valence-electron chi connectivity index (χ1n) is 6.61. The van der Waals surface area contributed by atoms with Crippen molar-refractivity contribution >= 4 is 61.5 Å². The third kappa shape index (κ3) is 8.60. The van der Waals surface area contributed by atoms with Crippen LogP contribution >= 0.6 is 0 Å². The quantitative estimate of drug-likeness (QED) is 0.400. The van der Waals surface area contributed by atoms with Crippen molar-refractivity contribution in [1.29, 1.82) is 0 Å². The van der Waals surface area contributed by atoms with E-state index >= 15 is 0 Å². The molecule has 104 valence electrons. The Labute approximate surface area is 159 Å². The molecule has 1 aromatic rings. The second-order valence-electron chi connectivity index (χ2n) is 4.36. The van der Waals surface area contributed by atoms with Gasteiger partial charge in [0.2, 0.25) is 0 Å². The summed E-state index contributed by atoms with van der Waals surface area (Å²) in [5.74, 6) is 0. The molecule has 0 saturated heterocycles. The van der Waals surface area contributed by atoms with Gasteiger partial charge < -0.3 is 0 Å². The topological polar surface area (TPSA) is 43.4 Å². The monoisotopic (exact) mass is 310 g/mol. The molecule has 0 radical (unpaired) electrons. The second kappa shape index (κ2) is 11.4. The van der Waals surface area contributed by atoms with E-state index in [2.05, 4.69) is 6.92 Å². The molecule has 0 aromatic heterocycles. The minimum atomic E-state index is -3.56. The van der Waals surface area contributed by atoms with Crippen LogP contribution in [-0.4, -0.2) is 66.4 Å². The van der Waals surface area contributed by atoms with Crippen LogP contribution in [0.5, 0.6) is 0 Å². The van der Waals surface area contributed by atoms with Gasteiger partial charge in [0.1, 0.15) is 0 Å². The summed E-state index contributed by atoms with van der Waals surface area (Å²) in [6.07, 6.45) is 6.69. The molecular weight excluding hydrogens is 287 g/mol. The first-order chi connectivity index (χ1) is 8.67. The summed E-state index contributed by atoms with van der Waals surface area (Å²) in [4.78, 5) is 0.232. The average Bonchev–Trinajstić information content (AvgIpc) is 2.39. The van der Waals surface area contributed by atoms with E-state index in [0.717, 1.165) is 19.3 Å². The van der Waals surface area contributed by atoms with Crippen molar-refractivity contribution in [2.75, 3.05) is 6.61 Å². The molecule has 0 aliphatic heterocycles. The number of benzene rings is 1. The molecule has 0 atom stereocenters. The Balaban J connectivity index is 0.00000324. The standard InChI is InChI=1S/C14H22O3S.K.H/c1-2-3-4-5-6-10-13-17-18(15,16)14-11-8-7-9-12-14;;/h7-9,11-12H,2-6,10,13H2,1H3;;. The summed E-state index contributed by atoms with van der Waals surface area (Å²) in [5, 5.41) is 0. The summed E-state index contributed by atoms with van der Waals surface area (Å²) < 4.78 is 28.5. The third-order valence-corrected chi connectivity index (χ3v) is 4.09. The fraction of sp³-hybridized carbons (Fsp3) is 0.571. The van der Waals surface area contributed by atoms with Crippen LogP contribution in [0.3, 0.4) is 0 Å². The maximum atomic E-state index is 11.7. The van der Waals surface area contributed by atoms with Gasteiger partial charge in [-0.3, -0.25) is 4.18 Å². The Hall–Kier alpha value is 0.766. The molecule has 0 saturated carbocycles. The van der Waals surface area contributed by atoms with Crippen LogP contribution in [0.4, 0.5) is 0 Å². The fourth-order valence-corrected chi connectivity index (χ4v) is 2.67. The molecule has 0 bridgehead atoms. The van der Waals surface area contributed by atoms with Crippen molar-refractivity contribution in [3.63, 3.8) is 0 Å². The van der Waals surface area contributed by atoms with E-state index in [1.165, 1.54) is 19.3 Å². The van der Waals surface area contributed by atoms with Gasteiger partial charge in [-0.05, 0) is 18.6 Å². The maximum absolute atomic E-state index is 11.7. The molecule has 0 heterocycles. The number of hydrogen-bond donors (Lipinski definition) is 0. The Morgan fingerprint density at radius 1 is 0.947 bits per heavy atom. The molecule has 0 aliphatic rings. The molecule has 3 nitrogen and oxygen atoms in total. The summed E-state index contributed by atoms with van der Waals surface area (Å²) >= 11 is 0. The molecule has 0 fully saturated rings. The third-order valence-electron chi connectivity index (χ3n) is 2.77. The van der Waals surface area contributed by atoms with Crippen LogP contribution < -0.4 is 0 Å². The Kier molecular flexibility index (Phi) is 11.9. The van der Waals surface area contributed by atoms with Gasteiger partial charge in [0, 0.05) is 0 Å². The van der Waals surface area contributed by atoms with Crippen molar-refractivity contribution in [3.05, 3.63) is 30.3 Å². The van der Waals surface area contributed by atoms with Gasteiger partial charge in [0.05, 0.1) is 11.5 Å². The SMILES string of the molecule is CCCCCCCCOS(=O)(=O)c1ccccc1.[KH]. The predicted molar refractivity (Wildman–Crippen MR) is 80.1 cm³/mol. The van der Waals surface area contributed by atoms with Gasteiger partial charge in [-0.15, -0.1) is 0 Å². The zero-order chi connectivity index (χ0) is 13.3. The van der Waals surface area contributed by atoms with E-state index in [9.17, 15) is 8.42 Å². The Morgan fingerprint density at radius 2 is 1.53 bits per heavy atom. The van der Waals surface area contributed by atoms with Crippen molar-refractivity contribution in [1.82, 2.24) is 0 Å². The molecular formula is C14H23KO3S. The summed E-state index contributed by atoms with van der Waals surface area (Å²) in [7, 11) is -3.56.